The molecule has 0 radical (unpaired) electrons. The number of amides is 1. The monoisotopic (exact) mass is 555 g/mol. The van der Waals surface area contributed by atoms with Crippen molar-refractivity contribution in [2.24, 2.45) is 0 Å². The molecule has 0 bridgehead atoms. The van der Waals surface area contributed by atoms with Gasteiger partial charge in [-0.1, -0.05) is 37.4 Å². The number of ketones is 1. The molecule has 1 aromatic carbocycles. The van der Waals surface area contributed by atoms with Gasteiger partial charge in [-0.3, -0.25) is 9.59 Å². The van der Waals surface area contributed by atoms with Crippen molar-refractivity contribution in [3.8, 4) is 0 Å². The highest BCUT2D eigenvalue weighted by Gasteiger charge is 2.33. The summed E-state index contributed by atoms with van der Waals surface area (Å²) in [5.74, 6) is 0.937. The van der Waals surface area contributed by atoms with Crippen LogP contribution in [0.1, 0.15) is 61.3 Å². The van der Waals surface area contributed by atoms with Gasteiger partial charge in [-0.15, -0.1) is 21.5 Å². The number of nitrogens with one attached hydrogen (secondary N) is 1. The summed E-state index contributed by atoms with van der Waals surface area (Å²) in [6.45, 7) is 8.57. The lowest BCUT2D eigenvalue weighted by atomic mass is 9.90. The molecule has 5 rings (SSSR count). The average molecular weight is 556 g/mol. The number of thiophene rings is 1. The van der Waals surface area contributed by atoms with Crippen LogP contribution in [0.4, 0.5) is 5.69 Å². The maximum Gasteiger partial charge on any atom is 0.234 e. The van der Waals surface area contributed by atoms with Crippen LogP contribution >= 0.6 is 34.9 Å². The van der Waals surface area contributed by atoms with Crippen molar-refractivity contribution in [2.45, 2.75) is 69.5 Å². The Morgan fingerprint density at radius 3 is 2.65 bits per heavy atom. The lowest BCUT2D eigenvalue weighted by Crippen LogP contribution is -2.33. The molecule has 1 atom stereocenters. The standard InChI is InChI=1S/C26H29N5O3S3/c1-5-11-35-24-28-23-21(18-12-26(4,6-2)34-13-19(18)37-23)22-29-30-25(31(22)24)36-14-20(33)27-17-9-7-16(8-10-17)15(3)32/h7-10H,5-6,11-14H2,1-4H3,(H,27,33). The fourth-order valence-corrected chi connectivity index (χ4v) is 7.03. The van der Waals surface area contributed by atoms with Gasteiger partial charge in [0.1, 0.15) is 4.83 Å². The highest BCUT2D eigenvalue weighted by Crippen LogP contribution is 2.42. The zero-order valence-corrected chi connectivity index (χ0v) is 23.7. The molecule has 1 aliphatic heterocycles. The van der Waals surface area contributed by atoms with Crippen molar-refractivity contribution >= 4 is 68.1 Å². The molecule has 0 saturated heterocycles. The number of carbonyl (C=O) groups is 2. The highest BCUT2D eigenvalue weighted by molar-refractivity contribution is 8.00. The molecule has 4 heterocycles. The number of nitrogens with zero attached hydrogens (tertiary/aromatic N) is 4. The van der Waals surface area contributed by atoms with Crippen molar-refractivity contribution in [1.82, 2.24) is 19.6 Å². The third kappa shape index (κ3) is 5.27. The van der Waals surface area contributed by atoms with Crippen LogP contribution in [0.5, 0.6) is 0 Å². The molecule has 3 aromatic heterocycles. The van der Waals surface area contributed by atoms with Gasteiger partial charge in [0.2, 0.25) is 5.91 Å². The van der Waals surface area contributed by atoms with Crippen molar-refractivity contribution in [3.63, 3.8) is 0 Å². The first-order valence-electron chi connectivity index (χ1n) is 12.3. The largest absolute Gasteiger partial charge is 0.369 e. The number of hydrogen-bond donors (Lipinski definition) is 1. The molecule has 1 N–H and O–H groups in total. The molecular weight excluding hydrogens is 527 g/mol. The van der Waals surface area contributed by atoms with E-state index in [0.29, 0.717) is 23.0 Å². The summed E-state index contributed by atoms with van der Waals surface area (Å²) in [5.41, 5.74) is 3.11. The van der Waals surface area contributed by atoms with E-state index in [2.05, 4.69) is 36.3 Å². The second-order valence-corrected chi connectivity index (χ2v) is 12.4. The van der Waals surface area contributed by atoms with E-state index in [0.717, 1.165) is 46.0 Å². The summed E-state index contributed by atoms with van der Waals surface area (Å²) in [4.78, 5) is 31.4. The Bertz CT molecular complexity index is 1480. The third-order valence-electron chi connectivity index (χ3n) is 6.51. The summed E-state index contributed by atoms with van der Waals surface area (Å²) >= 11 is 4.70. The van der Waals surface area contributed by atoms with Crippen LogP contribution in [0.3, 0.4) is 0 Å². The lowest BCUT2D eigenvalue weighted by Gasteiger charge is -2.33. The number of Topliss-reactive ketones (excluding diaryl/α,β-unsaturated/α-hetero) is 1. The summed E-state index contributed by atoms with van der Waals surface area (Å²) in [6.07, 6.45) is 2.76. The first-order valence-corrected chi connectivity index (χ1v) is 15.1. The molecule has 1 aliphatic rings. The first kappa shape index (κ1) is 26.1. The van der Waals surface area contributed by atoms with E-state index < -0.39 is 0 Å². The maximum absolute atomic E-state index is 12.7. The second-order valence-electron chi connectivity index (χ2n) is 9.31. The Kier molecular flexibility index (Phi) is 7.58. The lowest BCUT2D eigenvalue weighted by molar-refractivity contribution is -0.113. The number of aromatic nitrogens is 4. The van der Waals surface area contributed by atoms with Gasteiger partial charge in [-0.05, 0) is 56.5 Å². The van der Waals surface area contributed by atoms with Crippen LogP contribution in [0, 0.1) is 0 Å². The van der Waals surface area contributed by atoms with Crippen LogP contribution in [0.15, 0.2) is 34.6 Å². The van der Waals surface area contributed by atoms with Crippen molar-refractivity contribution < 1.29 is 14.3 Å². The predicted octanol–water partition coefficient (Wildman–Crippen LogP) is 6.02. The van der Waals surface area contributed by atoms with Crippen molar-refractivity contribution in [1.29, 1.82) is 0 Å². The third-order valence-corrected chi connectivity index (χ3v) is 9.68. The van der Waals surface area contributed by atoms with Crippen molar-refractivity contribution in [3.05, 3.63) is 40.3 Å². The number of hydrogen-bond acceptors (Lipinski definition) is 9. The molecule has 37 heavy (non-hydrogen) atoms. The minimum Gasteiger partial charge on any atom is -0.369 e. The molecule has 4 aromatic rings. The Hall–Kier alpha value is -2.47. The summed E-state index contributed by atoms with van der Waals surface area (Å²) < 4.78 is 8.19. The Balaban J connectivity index is 1.44. The quantitative estimate of drug-likeness (QED) is 0.152. The fourth-order valence-electron chi connectivity index (χ4n) is 4.24. The number of thioether (sulfide) groups is 2. The molecule has 0 spiro atoms. The number of ether oxygens (including phenoxy) is 1. The Morgan fingerprint density at radius 2 is 1.95 bits per heavy atom. The number of carbonyl (C=O) groups excluding carboxylic acids is 2. The normalized spacial score (nSPS) is 17.3. The molecule has 194 valence electrons. The molecule has 1 amide bonds. The van der Waals surface area contributed by atoms with E-state index >= 15 is 0 Å². The van der Waals surface area contributed by atoms with E-state index in [-0.39, 0.29) is 23.0 Å². The van der Waals surface area contributed by atoms with Gasteiger partial charge in [0.25, 0.3) is 0 Å². The zero-order chi connectivity index (χ0) is 26.2. The van der Waals surface area contributed by atoms with Gasteiger partial charge in [-0.2, -0.15) is 0 Å². The molecule has 8 nitrogen and oxygen atoms in total. The number of benzene rings is 1. The van der Waals surface area contributed by atoms with Crippen LogP contribution in [0.25, 0.3) is 15.9 Å². The molecule has 0 aliphatic carbocycles. The molecule has 11 heteroatoms. The minimum atomic E-state index is -0.202. The summed E-state index contributed by atoms with van der Waals surface area (Å²) in [5, 5.41) is 14.5. The maximum atomic E-state index is 12.7. The molecule has 0 fully saturated rings. The summed E-state index contributed by atoms with van der Waals surface area (Å²) in [7, 11) is 0. The van der Waals surface area contributed by atoms with Crippen molar-refractivity contribution in [2.75, 3.05) is 16.8 Å². The van der Waals surface area contributed by atoms with E-state index in [1.807, 2.05) is 4.40 Å². The van der Waals surface area contributed by atoms with Gasteiger partial charge in [0.15, 0.2) is 21.7 Å². The van der Waals surface area contributed by atoms with Crippen LogP contribution in [-0.2, 0) is 22.6 Å². The van der Waals surface area contributed by atoms with Gasteiger partial charge in [0, 0.05) is 28.3 Å². The molecule has 1 unspecified atom stereocenters. The van der Waals surface area contributed by atoms with E-state index in [1.54, 1.807) is 47.4 Å². The molecule has 0 saturated carbocycles. The van der Waals surface area contributed by atoms with Gasteiger partial charge in [-0.25, -0.2) is 9.38 Å². The zero-order valence-electron chi connectivity index (χ0n) is 21.3. The summed E-state index contributed by atoms with van der Waals surface area (Å²) in [6, 6.07) is 6.89. The van der Waals surface area contributed by atoms with Gasteiger partial charge >= 0.3 is 0 Å². The van der Waals surface area contributed by atoms with Gasteiger partial charge < -0.3 is 10.1 Å². The number of anilines is 1. The van der Waals surface area contributed by atoms with Crippen LogP contribution < -0.4 is 5.32 Å². The van der Waals surface area contributed by atoms with Crippen LogP contribution in [0.2, 0.25) is 0 Å². The fraction of sp³-hybridized carbons (Fsp3) is 0.423. The number of rotatable bonds is 9. The first-order chi connectivity index (χ1) is 17.8. The highest BCUT2D eigenvalue weighted by atomic mass is 32.2. The van der Waals surface area contributed by atoms with Gasteiger partial charge in [0.05, 0.1) is 23.3 Å². The average Bonchev–Trinajstić information content (AvgIpc) is 3.47. The topological polar surface area (TPSA) is 98.5 Å². The van der Waals surface area contributed by atoms with E-state index in [9.17, 15) is 9.59 Å². The van der Waals surface area contributed by atoms with E-state index in [4.69, 9.17) is 9.72 Å². The predicted molar refractivity (Wildman–Crippen MR) is 150 cm³/mol. The number of fused-ring (bicyclic) bond motifs is 5. The Labute approximate surface area is 228 Å². The SMILES string of the molecule is CCCSc1nc2sc3c(c2c2nnc(SCC(=O)Nc4ccc(C(C)=O)cc4)n12)CC(C)(CC)OC3. The smallest absolute Gasteiger partial charge is 0.234 e. The minimum absolute atomic E-state index is 0.00897. The van der Waals surface area contributed by atoms with Crippen LogP contribution in [-0.4, -0.2) is 48.4 Å². The Morgan fingerprint density at radius 1 is 1.16 bits per heavy atom. The molecular formula is C26H29N5O3S3. The second kappa shape index (κ2) is 10.7. The van der Waals surface area contributed by atoms with E-state index in [1.165, 1.54) is 29.1 Å².